The van der Waals surface area contributed by atoms with Crippen LogP contribution in [0, 0.1) is 4.78 Å². The maximum absolute atomic E-state index is 12.0. The second kappa shape index (κ2) is 6.87. The SMILES string of the molecule is C[C@H](c1ccc2c(c1)NCS2)N1CCc2cc(S(C)(=N)=O)cnc2CC1. The van der Waals surface area contributed by atoms with E-state index in [1.165, 1.54) is 22.4 Å². The third kappa shape index (κ3) is 3.48. The Balaban J connectivity index is 1.53. The summed E-state index contributed by atoms with van der Waals surface area (Å²) in [6, 6.07) is 9.01. The molecule has 138 valence electrons. The zero-order valence-electron chi connectivity index (χ0n) is 15.1. The number of nitrogens with zero attached hydrogens (tertiary/aromatic N) is 2. The van der Waals surface area contributed by atoms with E-state index in [1.807, 2.05) is 17.8 Å². The van der Waals surface area contributed by atoms with E-state index < -0.39 is 9.73 Å². The predicted octanol–water partition coefficient (Wildman–Crippen LogP) is 3.75. The molecule has 7 heteroatoms. The average Bonchev–Trinajstić information content (AvgIpc) is 2.98. The molecule has 0 aliphatic carbocycles. The minimum absolute atomic E-state index is 0.341. The number of hydrogen-bond acceptors (Lipinski definition) is 6. The Morgan fingerprint density at radius 2 is 2.12 bits per heavy atom. The molecule has 0 saturated carbocycles. The highest BCUT2D eigenvalue weighted by Crippen LogP contribution is 2.36. The minimum Gasteiger partial charge on any atom is -0.375 e. The molecule has 0 saturated heterocycles. The van der Waals surface area contributed by atoms with Crippen molar-refractivity contribution >= 4 is 27.2 Å². The van der Waals surface area contributed by atoms with Gasteiger partial charge in [-0.25, -0.2) is 8.99 Å². The van der Waals surface area contributed by atoms with Crippen LogP contribution in [-0.2, 0) is 22.6 Å². The maximum atomic E-state index is 12.0. The summed E-state index contributed by atoms with van der Waals surface area (Å²) < 4.78 is 19.8. The zero-order chi connectivity index (χ0) is 18.3. The highest BCUT2D eigenvalue weighted by Gasteiger charge is 2.22. The molecule has 1 aromatic carbocycles. The molecule has 4 rings (SSSR count). The van der Waals surface area contributed by atoms with Gasteiger partial charge in [-0.1, -0.05) is 6.07 Å². The molecule has 3 heterocycles. The van der Waals surface area contributed by atoms with E-state index >= 15 is 0 Å². The van der Waals surface area contributed by atoms with Gasteiger partial charge in [0.15, 0.2) is 0 Å². The minimum atomic E-state index is -2.71. The molecule has 1 unspecified atom stereocenters. The molecule has 2 N–H and O–H groups in total. The molecule has 1 aromatic heterocycles. The Labute approximate surface area is 159 Å². The maximum Gasteiger partial charge on any atom is 0.0712 e. The fourth-order valence-corrected chi connectivity index (χ4v) is 5.11. The van der Waals surface area contributed by atoms with Crippen molar-refractivity contribution in [1.82, 2.24) is 9.88 Å². The van der Waals surface area contributed by atoms with E-state index in [4.69, 9.17) is 4.78 Å². The van der Waals surface area contributed by atoms with Crippen LogP contribution in [0.5, 0.6) is 0 Å². The van der Waals surface area contributed by atoms with Gasteiger partial charge in [-0.05, 0) is 42.7 Å². The molecule has 26 heavy (non-hydrogen) atoms. The molecule has 2 aromatic rings. The Bertz CT molecular complexity index is 943. The molecular formula is C19H24N4OS2. The van der Waals surface area contributed by atoms with E-state index in [2.05, 4.69) is 40.3 Å². The van der Waals surface area contributed by atoms with Gasteiger partial charge in [0.25, 0.3) is 0 Å². The zero-order valence-corrected chi connectivity index (χ0v) is 16.8. The number of nitrogens with one attached hydrogen (secondary N) is 2. The van der Waals surface area contributed by atoms with Crippen LogP contribution in [0.4, 0.5) is 5.69 Å². The Hall–Kier alpha value is -1.57. The molecule has 2 aliphatic rings. The van der Waals surface area contributed by atoms with E-state index in [0.717, 1.165) is 43.1 Å². The van der Waals surface area contributed by atoms with E-state index in [9.17, 15) is 4.21 Å². The number of pyridine rings is 1. The van der Waals surface area contributed by atoms with E-state index in [0.29, 0.717) is 10.9 Å². The topological polar surface area (TPSA) is 69.1 Å². The van der Waals surface area contributed by atoms with Crippen LogP contribution < -0.4 is 5.32 Å². The lowest BCUT2D eigenvalue weighted by Crippen LogP contribution is -2.29. The number of thioether (sulfide) groups is 1. The molecule has 2 atom stereocenters. The van der Waals surface area contributed by atoms with Crippen LogP contribution in [0.3, 0.4) is 0 Å². The third-order valence-electron chi connectivity index (χ3n) is 5.31. The number of hydrogen-bond donors (Lipinski definition) is 2. The number of rotatable bonds is 3. The van der Waals surface area contributed by atoms with Crippen molar-refractivity contribution in [3.05, 3.63) is 47.3 Å². The average molecular weight is 389 g/mol. The Kier molecular flexibility index (Phi) is 4.71. The lowest BCUT2D eigenvalue weighted by molar-refractivity contribution is 0.221. The van der Waals surface area contributed by atoms with E-state index in [-0.39, 0.29) is 0 Å². The normalized spacial score (nSPS) is 20.4. The van der Waals surface area contributed by atoms with Crippen molar-refractivity contribution in [1.29, 1.82) is 4.78 Å². The van der Waals surface area contributed by atoms with Gasteiger partial charge < -0.3 is 5.32 Å². The number of anilines is 1. The fraction of sp³-hybridized carbons (Fsp3) is 0.421. The van der Waals surface area contributed by atoms with Crippen LogP contribution >= 0.6 is 11.8 Å². The molecule has 0 spiro atoms. The van der Waals surface area contributed by atoms with Gasteiger partial charge in [0.2, 0.25) is 0 Å². The first-order valence-corrected chi connectivity index (χ1v) is 11.8. The monoisotopic (exact) mass is 388 g/mol. The molecule has 5 nitrogen and oxygen atoms in total. The summed E-state index contributed by atoms with van der Waals surface area (Å²) in [7, 11) is -2.71. The summed E-state index contributed by atoms with van der Waals surface area (Å²) in [5.74, 6) is 0.955. The second-order valence-electron chi connectivity index (χ2n) is 7.05. The van der Waals surface area contributed by atoms with Crippen molar-refractivity contribution in [3.8, 4) is 0 Å². The summed E-state index contributed by atoms with van der Waals surface area (Å²) >= 11 is 1.85. The van der Waals surface area contributed by atoms with Crippen LogP contribution in [0.1, 0.15) is 29.8 Å². The molecule has 0 bridgehead atoms. The number of benzene rings is 1. The molecule has 0 fully saturated rings. The fourth-order valence-electron chi connectivity index (χ4n) is 3.66. The molecule has 0 radical (unpaired) electrons. The van der Waals surface area contributed by atoms with Crippen molar-refractivity contribution in [2.75, 3.05) is 30.5 Å². The number of aromatic nitrogens is 1. The smallest absolute Gasteiger partial charge is 0.0712 e. The summed E-state index contributed by atoms with van der Waals surface area (Å²) in [6.45, 7) is 4.17. The summed E-state index contributed by atoms with van der Waals surface area (Å²) in [6.07, 6.45) is 4.86. The van der Waals surface area contributed by atoms with Crippen molar-refractivity contribution in [2.24, 2.45) is 0 Å². The first kappa shape index (κ1) is 17.8. The van der Waals surface area contributed by atoms with Crippen LogP contribution in [0.25, 0.3) is 0 Å². The van der Waals surface area contributed by atoms with E-state index in [1.54, 1.807) is 6.20 Å². The highest BCUT2D eigenvalue weighted by atomic mass is 32.2. The van der Waals surface area contributed by atoms with Gasteiger partial charge in [-0.15, -0.1) is 11.8 Å². The van der Waals surface area contributed by atoms with Crippen LogP contribution in [0.2, 0.25) is 0 Å². The highest BCUT2D eigenvalue weighted by molar-refractivity contribution is 7.99. The van der Waals surface area contributed by atoms with Gasteiger partial charge in [-0.3, -0.25) is 9.88 Å². The predicted molar refractivity (Wildman–Crippen MR) is 107 cm³/mol. The van der Waals surface area contributed by atoms with Crippen LogP contribution in [0.15, 0.2) is 40.3 Å². The van der Waals surface area contributed by atoms with Crippen LogP contribution in [-0.4, -0.2) is 39.3 Å². The Morgan fingerprint density at radius 1 is 1.31 bits per heavy atom. The van der Waals surface area contributed by atoms with Gasteiger partial charge in [0.05, 0.1) is 20.5 Å². The number of fused-ring (bicyclic) bond motifs is 2. The quantitative estimate of drug-likeness (QED) is 0.838. The summed E-state index contributed by atoms with van der Waals surface area (Å²) in [5, 5.41) is 3.43. The molecule has 2 aliphatic heterocycles. The third-order valence-corrected chi connectivity index (χ3v) is 7.39. The summed E-state index contributed by atoms with van der Waals surface area (Å²) in [5.41, 5.74) is 4.81. The van der Waals surface area contributed by atoms with Crippen molar-refractivity contribution < 1.29 is 4.21 Å². The first-order valence-electron chi connectivity index (χ1n) is 8.88. The van der Waals surface area contributed by atoms with Gasteiger partial charge >= 0.3 is 0 Å². The summed E-state index contributed by atoms with van der Waals surface area (Å²) in [4.78, 5) is 8.89. The largest absolute Gasteiger partial charge is 0.375 e. The van der Waals surface area contributed by atoms with Gasteiger partial charge in [0, 0.05) is 54.3 Å². The molecule has 0 amide bonds. The van der Waals surface area contributed by atoms with Gasteiger partial charge in [0.1, 0.15) is 0 Å². The standard InChI is InChI=1S/C19H24N4OS2/c1-13(14-3-4-19-18(10-14)22-12-25-19)23-7-5-15-9-16(26(2,20)24)11-21-17(15)6-8-23/h3-4,9-11,13,20,22H,5-8,12H2,1-2H3/t13-,26?/m1/s1. The van der Waals surface area contributed by atoms with Gasteiger partial charge in [-0.2, -0.15) is 0 Å². The molecular weight excluding hydrogens is 364 g/mol. The first-order chi connectivity index (χ1) is 12.4. The lowest BCUT2D eigenvalue weighted by Gasteiger charge is -2.28. The second-order valence-corrected chi connectivity index (χ2v) is 10.2. The lowest BCUT2D eigenvalue weighted by atomic mass is 10.1. The van der Waals surface area contributed by atoms with Crippen molar-refractivity contribution in [2.45, 2.75) is 35.6 Å². The van der Waals surface area contributed by atoms with Crippen molar-refractivity contribution in [3.63, 3.8) is 0 Å². The Morgan fingerprint density at radius 3 is 2.92 bits per heavy atom.